The minimum Gasteiger partial charge on any atom is -0.441 e. The van der Waals surface area contributed by atoms with E-state index in [0.717, 1.165) is 11.1 Å². The van der Waals surface area contributed by atoms with Gasteiger partial charge in [0.05, 0.1) is 16.6 Å². The number of halogens is 1. The van der Waals surface area contributed by atoms with Crippen LogP contribution in [0.1, 0.15) is 17.5 Å². The Bertz CT molecular complexity index is 755. The molecule has 0 spiro atoms. The van der Waals surface area contributed by atoms with Gasteiger partial charge >= 0.3 is 0 Å². The van der Waals surface area contributed by atoms with Crippen molar-refractivity contribution in [3.63, 3.8) is 0 Å². The average molecular weight is 283 g/mol. The third-order valence-corrected chi connectivity index (χ3v) is 3.35. The van der Waals surface area contributed by atoms with Crippen molar-refractivity contribution in [2.45, 2.75) is 12.3 Å². The Morgan fingerprint density at radius 3 is 2.85 bits per heavy atom. The maximum absolute atomic E-state index is 6.13. The topological polar surface area (TPSA) is 38.9 Å². The van der Waals surface area contributed by atoms with Gasteiger partial charge in [-0.15, -0.1) is 6.42 Å². The van der Waals surface area contributed by atoms with E-state index in [1.54, 1.807) is 18.3 Å². The van der Waals surface area contributed by atoms with E-state index in [4.69, 9.17) is 22.4 Å². The van der Waals surface area contributed by atoms with Crippen LogP contribution < -0.4 is 0 Å². The molecule has 0 aliphatic heterocycles. The fourth-order valence-corrected chi connectivity index (χ4v) is 2.32. The summed E-state index contributed by atoms with van der Waals surface area (Å²) in [6.07, 6.45) is 7.75. The molecule has 0 radical (unpaired) electrons. The second kappa shape index (κ2) is 5.36. The summed E-state index contributed by atoms with van der Waals surface area (Å²) in [5.74, 6) is 3.05. The van der Waals surface area contributed by atoms with Gasteiger partial charge in [0.1, 0.15) is 5.52 Å². The normalized spacial score (nSPS) is 12.2. The Morgan fingerprint density at radius 1 is 1.25 bits per heavy atom. The lowest BCUT2D eigenvalue weighted by Crippen LogP contribution is -2.03. The van der Waals surface area contributed by atoms with Crippen LogP contribution in [-0.2, 0) is 6.42 Å². The molecule has 1 unspecified atom stereocenters. The second-order valence-corrected chi connectivity index (χ2v) is 4.78. The van der Waals surface area contributed by atoms with E-state index in [2.05, 4.69) is 15.9 Å². The van der Waals surface area contributed by atoms with Gasteiger partial charge in [-0.05, 0) is 24.3 Å². The molecule has 1 aromatic carbocycles. The maximum atomic E-state index is 6.13. The van der Waals surface area contributed by atoms with Crippen LogP contribution in [0, 0.1) is 12.3 Å². The smallest absolute Gasteiger partial charge is 0.197 e. The monoisotopic (exact) mass is 282 g/mol. The number of para-hydroxylation sites is 2. The van der Waals surface area contributed by atoms with Gasteiger partial charge in [0.2, 0.25) is 0 Å². The summed E-state index contributed by atoms with van der Waals surface area (Å²) < 4.78 is 5.68. The molecule has 0 fully saturated rings. The molecular formula is C16H11ClN2O. The first-order chi connectivity index (χ1) is 9.78. The molecule has 1 atom stereocenters. The van der Waals surface area contributed by atoms with Crippen LogP contribution in [0.5, 0.6) is 0 Å². The quantitative estimate of drug-likeness (QED) is 0.685. The number of terminal acetylenes is 1. The summed E-state index contributed by atoms with van der Waals surface area (Å²) in [5.41, 5.74) is 2.26. The molecule has 0 N–H and O–H groups in total. The summed E-state index contributed by atoms with van der Waals surface area (Å²) in [5, 5.41) is 0.562. The van der Waals surface area contributed by atoms with Gasteiger partial charge in [-0.1, -0.05) is 29.7 Å². The summed E-state index contributed by atoms with van der Waals surface area (Å²) >= 11 is 6.13. The van der Waals surface area contributed by atoms with Crippen LogP contribution in [0.3, 0.4) is 0 Å². The number of nitrogens with zero attached hydrogens (tertiary/aromatic N) is 2. The molecule has 0 aliphatic carbocycles. The van der Waals surface area contributed by atoms with E-state index >= 15 is 0 Å². The van der Waals surface area contributed by atoms with Gasteiger partial charge in [-0.3, -0.25) is 4.98 Å². The first-order valence-corrected chi connectivity index (χ1v) is 6.56. The number of fused-ring (bicyclic) bond motifs is 1. The number of benzene rings is 1. The average Bonchev–Trinajstić information content (AvgIpc) is 2.88. The number of oxazole rings is 1. The van der Waals surface area contributed by atoms with Crippen molar-refractivity contribution in [3.8, 4) is 12.3 Å². The molecule has 4 heteroatoms. The molecule has 0 amide bonds. The highest BCUT2D eigenvalue weighted by Crippen LogP contribution is 2.26. The molecule has 3 nitrogen and oxygen atoms in total. The number of rotatable bonds is 3. The van der Waals surface area contributed by atoms with Gasteiger partial charge in [0, 0.05) is 12.6 Å². The second-order valence-electron chi connectivity index (χ2n) is 4.37. The van der Waals surface area contributed by atoms with Gasteiger partial charge < -0.3 is 4.42 Å². The third-order valence-electron chi connectivity index (χ3n) is 3.04. The van der Waals surface area contributed by atoms with Crippen LogP contribution in [0.2, 0.25) is 5.02 Å². The predicted octanol–water partition coefficient (Wildman–Crippen LogP) is 3.84. The zero-order chi connectivity index (χ0) is 13.9. The van der Waals surface area contributed by atoms with Gasteiger partial charge in [0.25, 0.3) is 0 Å². The summed E-state index contributed by atoms with van der Waals surface area (Å²) in [7, 11) is 0. The largest absolute Gasteiger partial charge is 0.441 e. The lowest BCUT2D eigenvalue weighted by molar-refractivity contribution is 0.518. The molecular weight excluding hydrogens is 272 g/mol. The predicted molar refractivity (Wildman–Crippen MR) is 78.5 cm³/mol. The fraction of sp³-hybridized carbons (Fsp3) is 0.125. The first kappa shape index (κ1) is 12.7. The number of aromatic nitrogens is 2. The fourth-order valence-electron chi connectivity index (χ4n) is 2.07. The van der Waals surface area contributed by atoms with Crippen molar-refractivity contribution >= 4 is 22.7 Å². The van der Waals surface area contributed by atoms with Gasteiger partial charge in [-0.25, -0.2) is 4.98 Å². The molecule has 2 heterocycles. The summed E-state index contributed by atoms with van der Waals surface area (Å²) in [4.78, 5) is 8.68. The van der Waals surface area contributed by atoms with Gasteiger partial charge in [-0.2, -0.15) is 0 Å². The zero-order valence-corrected chi connectivity index (χ0v) is 11.3. The molecule has 20 heavy (non-hydrogen) atoms. The van der Waals surface area contributed by atoms with Crippen molar-refractivity contribution in [1.82, 2.24) is 9.97 Å². The Kier molecular flexibility index (Phi) is 3.41. The Morgan fingerprint density at radius 2 is 2.10 bits per heavy atom. The summed E-state index contributed by atoms with van der Waals surface area (Å²) in [6, 6.07) is 11.2. The molecule has 3 rings (SSSR count). The lowest BCUT2D eigenvalue weighted by Gasteiger charge is -2.09. The van der Waals surface area contributed by atoms with E-state index in [-0.39, 0.29) is 5.92 Å². The van der Waals surface area contributed by atoms with Gasteiger partial charge in [0.15, 0.2) is 11.5 Å². The highest BCUT2D eigenvalue weighted by molar-refractivity contribution is 6.31. The SMILES string of the molecule is C#CC(Cc1nc2ccccc2o1)c1ncccc1Cl. The van der Waals surface area contributed by atoms with Crippen molar-refractivity contribution in [3.05, 3.63) is 59.2 Å². The first-order valence-electron chi connectivity index (χ1n) is 6.19. The lowest BCUT2D eigenvalue weighted by atomic mass is 10.0. The minimum absolute atomic E-state index is 0.253. The van der Waals surface area contributed by atoms with Crippen molar-refractivity contribution < 1.29 is 4.42 Å². The molecule has 2 aromatic heterocycles. The zero-order valence-electron chi connectivity index (χ0n) is 10.6. The van der Waals surface area contributed by atoms with Crippen molar-refractivity contribution in [2.75, 3.05) is 0 Å². The molecule has 98 valence electrons. The number of hydrogen-bond donors (Lipinski definition) is 0. The minimum atomic E-state index is -0.253. The van der Waals surface area contributed by atoms with E-state index in [9.17, 15) is 0 Å². The molecule has 0 saturated carbocycles. The summed E-state index contributed by atoms with van der Waals surface area (Å²) in [6.45, 7) is 0. The molecule has 3 aromatic rings. The molecule has 0 saturated heterocycles. The maximum Gasteiger partial charge on any atom is 0.197 e. The van der Waals surface area contributed by atoms with E-state index in [1.807, 2.05) is 24.3 Å². The number of hydrogen-bond acceptors (Lipinski definition) is 3. The third kappa shape index (κ3) is 2.38. The van der Waals surface area contributed by atoms with Crippen LogP contribution in [-0.4, -0.2) is 9.97 Å². The molecule has 0 bridgehead atoms. The van der Waals surface area contributed by atoms with E-state index in [1.165, 1.54) is 0 Å². The van der Waals surface area contributed by atoms with E-state index in [0.29, 0.717) is 23.0 Å². The van der Waals surface area contributed by atoms with Crippen LogP contribution in [0.15, 0.2) is 47.0 Å². The van der Waals surface area contributed by atoms with E-state index < -0.39 is 0 Å². The van der Waals surface area contributed by atoms with Crippen molar-refractivity contribution in [2.24, 2.45) is 0 Å². The van der Waals surface area contributed by atoms with Crippen molar-refractivity contribution in [1.29, 1.82) is 0 Å². The Balaban J connectivity index is 1.92. The molecule has 0 aliphatic rings. The highest BCUT2D eigenvalue weighted by atomic mass is 35.5. The van der Waals surface area contributed by atoms with Crippen LogP contribution >= 0.6 is 11.6 Å². The standard InChI is InChI=1S/C16H11ClN2O/c1-2-11(16-12(17)6-5-9-18-16)10-15-19-13-7-3-4-8-14(13)20-15/h1,3-9,11H,10H2. The Hall–Kier alpha value is -2.31. The van der Waals surface area contributed by atoms with Crippen LogP contribution in [0.4, 0.5) is 0 Å². The van der Waals surface area contributed by atoms with Crippen LogP contribution in [0.25, 0.3) is 11.1 Å². The Labute approximate surface area is 121 Å². The highest BCUT2D eigenvalue weighted by Gasteiger charge is 2.17. The number of pyridine rings is 1.